The second-order valence-electron chi connectivity index (χ2n) is 5.74. The summed E-state index contributed by atoms with van der Waals surface area (Å²) >= 11 is 0. The first-order chi connectivity index (χ1) is 12.6. The highest BCUT2D eigenvalue weighted by Gasteiger charge is 2.10. The first-order valence-corrected chi connectivity index (χ1v) is 8.18. The Morgan fingerprint density at radius 3 is 2.50 bits per heavy atom. The Labute approximate surface area is 150 Å². The molecule has 0 radical (unpaired) electrons. The zero-order chi connectivity index (χ0) is 18.5. The molecule has 2 aromatic carbocycles. The van der Waals surface area contributed by atoms with E-state index in [4.69, 9.17) is 0 Å². The molecule has 0 fully saturated rings. The van der Waals surface area contributed by atoms with Gasteiger partial charge in [-0.25, -0.2) is 0 Å². The minimum absolute atomic E-state index is 0.0697. The molecule has 1 aromatic heterocycles. The second-order valence-corrected chi connectivity index (χ2v) is 5.74. The highest BCUT2D eigenvalue weighted by atomic mass is 16.6. The fourth-order valence-electron chi connectivity index (χ4n) is 2.50. The molecule has 6 nitrogen and oxygen atoms in total. The molecule has 0 unspecified atom stereocenters. The predicted octanol–water partition coefficient (Wildman–Crippen LogP) is 4.47. The number of aromatic nitrogens is 1. The number of carbonyl (C=O) groups is 1. The zero-order valence-electron chi connectivity index (χ0n) is 14.2. The number of pyridine rings is 1. The van der Waals surface area contributed by atoms with Gasteiger partial charge < -0.3 is 5.32 Å². The van der Waals surface area contributed by atoms with E-state index >= 15 is 0 Å². The van der Waals surface area contributed by atoms with Gasteiger partial charge in [0, 0.05) is 35.1 Å². The van der Waals surface area contributed by atoms with E-state index < -0.39 is 4.92 Å². The van der Waals surface area contributed by atoms with E-state index in [0.29, 0.717) is 11.3 Å². The number of hydrogen-bond acceptors (Lipinski definition) is 4. The summed E-state index contributed by atoms with van der Waals surface area (Å²) in [5.41, 5.74) is 3.70. The molecule has 0 saturated carbocycles. The van der Waals surface area contributed by atoms with Gasteiger partial charge >= 0.3 is 0 Å². The van der Waals surface area contributed by atoms with E-state index in [-0.39, 0.29) is 11.6 Å². The average molecular weight is 347 g/mol. The van der Waals surface area contributed by atoms with Gasteiger partial charge in [-0.2, -0.15) is 0 Å². The molecule has 0 aliphatic rings. The van der Waals surface area contributed by atoms with Crippen molar-refractivity contribution < 1.29 is 9.72 Å². The van der Waals surface area contributed by atoms with Crippen LogP contribution < -0.4 is 5.32 Å². The lowest BCUT2D eigenvalue weighted by Gasteiger charge is -2.07. The maximum absolute atomic E-state index is 12.3. The van der Waals surface area contributed by atoms with Crippen LogP contribution in [0.2, 0.25) is 0 Å². The van der Waals surface area contributed by atoms with Crippen LogP contribution in [0, 0.1) is 10.1 Å². The summed E-state index contributed by atoms with van der Waals surface area (Å²) in [7, 11) is 0. The first kappa shape index (κ1) is 17.3. The van der Waals surface area contributed by atoms with Gasteiger partial charge in [-0.3, -0.25) is 19.9 Å². The largest absolute Gasteiger partial charge is 0.322 e. The normalized spacial score (nSPS) is 10.3. The quantitative estimate of drug-likeness (QED) is 0.545. The lowest BCUT2D eigenvalue weighted by atomic mass is 10.1. The molecule has 0 aliphatic heterocycles. The van der Waals surface area contributed by atoms with Crippen LogP contribution in [-0.2, 0) is 6.42 Å². The van der Waals surface area contributed by atoms with E-state index in [9.17, 15) is 14.9 Å². The molecule has 130 valence electrons. The van der Waals surface area contributed by atoms with Crippen LogP contribution in [0.25, 0.3) is 11.3 Å². The van der Waals surface area contributed by atoms with E-state index in [1.54, 1.807) is 18.2 Å². The lowest BCUT2D eigenvalue weighted by Crippen LogP contribution is -2.11. The number of nitro groups is 1. The number of carbonyl (C=O) groups excluding carboxylic acids is 1. The first-order valence-electron chi connectivity index (χ1n) is 8.18. The number of benzene rings is 2. The summed E-state index contributed by atoms with van der Waals surface area (Å²) in [6.07, 6.45) is 2.78. The Hall–Kier alpha value is -3.54. The SMILES string of the molecule is CCc1ccc(-c2ccc(C(=O)Nc3cccc([N+](=O)[O-])c3)cc2)nc1. The number of nitrogens with one attached hydrogen (secondary N) is 1. The summed E-state index contributed by atoms with van der Waals surface area (Å²) in [5, 5.41) is 13.5. The van der Waals surface area contributed by atoms with Crippen LogP contribution in [0.4, 0.5) is 11.4 Å². The van der Waals surface area contributed by atoms with Gasteiger partial charge in [0.15, 0.2) is 0 Å². The van der Waals surface area contributed by atoms with Crippen molar-refractivity contribution in [2.24, 2.45) is 0 Å². The summed E-state index contributed by atoms with van der Waals surface area (Å²) < 4.78 is 0. The summed E-state index contributed by atoms with van der Waals surface area (Å²) in [6.45, 7) is 2.07. The van der Waals surface area contributed by atoms with Crippen LogP contribution >= 0.6 is 0 Å². The van der Waals surface area contributed by atoms with Gasteiger partial charge in [0.2, 0.25) is 0 Å². The van der Waals surface area contributed by atoms with Crippen molar-refractivity contribution in [3.63, 3.8) is 0 Å². The van der Waals surface area contributed by atoms with Gasteiger partial charge in [-0.15, -0.1) is 0 Å². The number of amides is 1. The monoisotopic (exact) mass is 347 g/mol. The molecule has 0 saturated heterocycles. The predicted molar refractivity (Wildman–Crippen MR) is 100 cm³/mol. The van der Waals surface area contributed by atoms with Crippen LogP contribution in [0.15, 0.2) is 66.9 Å². The van der Waals surface area contributed by atoms with Gasteiger partial charge in [-0.1, -0.05) is 31.2 Å². The third kappa shape index (κ3) is 3.92. The number of hydrogen-bond donors (Lipinski definition) is 1. The van der Waals surface area contributed by atoms with Crippen molar-refractivity contribution in [1.29, 1.82) is 0 Å². The zero-order valence-corrected chi connectivity index (χ0v) is 14.2. The van der Waals surface area contributed by atoms with E-state index in [1.807, 2.05) is 30.5 Å². The Kier molecular flexibility index (Phi) is 5.03. The molecule has 1 amide bonds. The smallest absolute Gasteiger partial charge is 0.271 e. The number of non-ortho nitro benzene ring substituents is 1. The van der Waals surface area contributed by atoms with Crippen LogP contribution in [-0.4, -0.2) is 15.8 Å². The van der Waals surface area contributed by atoms with Gasteiger partial charge in [0.25, 0.3) is 11.6 Å². The average Bonchev–Trinajstić information content (AvgIpc) is 2.68. The molecule has 0 spiro atoms. The molecule has 1 heterocycles. The van der Waals surface area contributed by atoms with E-state index in [0.717, 1.165) is 17.7 Å². The summed E-state index contributed by atoms with van der Waals surface area (Å²) in [6, 6.07) is 16.9. The number of aryl methyl sites for hydroxylation is 1. The molecule has 0 bridgehead atoms. The lowest BCUT2D eigenvalue weighted by molar-refractivity contribution is -0.384. The van der Waals surface area contributed by atoms with Gasteiger partial charge in [0.1, 0.15) is 0 Å². The van der Waals surface area contributed by atoms with Crippen LogP contribution in [0.3, 0.4) is 0 Å². The molecule has 0 aliphatic carbocycles. The Morgan fingerprint density at radius 1 is 1.12 bits per heavy atom. The highest BCUT2D eigenvalue weighted by Crippen LogP contribution is 2.20. The second kappa shape index (κ2) is 7.57. The maximum Gasteiger partial charge on any atom is 0.271 e. The number of anilines is 1. The molecule has 3 aromatic rings. The van der Waals surface area contributed by atoms with Gasteiger partial charge in [0.05, 0.1) is 10.6 Å². The molecular formula is C20H17N3O3. The highest BCUT2D eigenvalue weighted by molar-refractivity contribution is 6.04. The Morgan fingerprint density at radius 2 is 1.88 bits per heavy atom. The van der Waals surface area contributed by atoms with Crippen molar-refractivity contribution in [2.75, 3.05) is 5.32 Å². The molecule has 0 atom stereocenters. The molecule has 26 heavy (non-hydrogen) atoms. The van der Waals surface area contributed by atoms with E-state index in [2.05, 4.69) is 17.2 Å². The number of nitro benzene ring substituents is 1. The summed E-state index contributed by atoms with van der Waals surface area (Å²) in [4.78, 5) is 27.1. The van der Waals surface area contributed by atoms with Crippen molar-refractivity contribution in [1.82, 2.24) is 4.98 Å². The fraction of sp³-hybridized carbons (Fsp3) is 0.100. The Balaban J connectivity index is 1.74. The van der Waals surface area contributed by atoms with Crippen molar-refractivity contribution in [3.8, 4) is 11.3 Å². The topological polar surface area (TPSA) is 85.1 Å². The summed E-state index contributed by atoms with van der Waals surface area (Å²) in [5.74, 6) is -0.327. The number of nitrogens with zero attached hydrogens (tertiary/aromatic N) is 2. The van der Waals surface area contributed by atoms with Crippen molar-refractivity contribution in [3.05, 3.63) is 88.1 Å². The molecule has 6 heteroatoms. The molecule has 1 N–H and O–H groups in total. The van der Waals surface area contributed by atoms with Gasteiger partial charge in [-0.05, 0) is 36.2 Å². The third-order valence-corrected chi connectivity index (χ3v) is 3.99. The third-order valence-electron chi connectivity index (χ3n) is 3.99. The number of rotatable bonds is 5. The van der Waals surface area contributed by atoms with Crippen LogP contribution in [0.1, 0.15) is 22.8 Å². The van der Waals surface area contributed by atoms with E-state index in [1.165, 1.54) is 23.8 Å². The minimum atomic E-state index is -0.499. The van der Waals surface area contributed by atoms with Crippen molar-refractivity contribution in [2.45, 2.75) is 13.3 Å². The molecule has 3 rings (SSSR count). The minimum Gasteiger partial charge on any atom is -0.322 e. The van der Waals surface area contributed by atoms with Crippen molar-refractivity contribution >= 4 is 17.3 Å². The fourth-order valence-corrected chi connectivity index (χ4v) is 2.50. The Bertz CT molecular complexity index is 935. The maximum atomic E-state index is 12.3. The van der Waals surface area contributed by atoms with Crippen LogP contribution in [0.5, 0.6) is 0 Å². The standard InChI is InChI=1S/C20H17N3O3/c1-2-14-6-11-19(21-13-14)15-7-9-16(10-8-15)20(24)22-17-4-3-5-18(12-17)23(25)26/h3-13H,2H2,1H3,(H,22,24). The molecular weight excluding hydrogens is 330 g/mol.